The largest absolute Gasteiger partial charge is 0.495 e. The van der Waals surface area contributed by atoms with Crippen molar-refractivity contribution in [3.8, 4) is 11.5 Å². The van der Waals surface area contributed by atoms with E-state index in [2.05, 4.69) is 10.3 Å². The van der Waals surface area contributed by atoms with Crippen LogP contribution in [0.15, 0.2) is 76.7 Å². The van der Waals surface area contributed by atoms with E-state index in [1.54, 1.807) is 28.8 Å². The highest BCUT2D eigenvalue weighted by Crippen LogP contribution is 2.36. The summed E-state index contributed by atoms with van der Waals surface area (Å²) in [5, 5.41) is 4.14. The number of hydrogen-bond acceptors (Lipinski definition) is 6. The zero-order chi connectivity index (χ0) is 24.1. The van der Waals surface area contributed by atoms with Crippen molar-refractivity contribution in [1.82, 2.24) is 9.55 Å². The lowest BCUT2D eigenvalue weighted by Crippen LogP contribution is -2.25. The molecule has 0 saturated carbocycles. The predicted octanol–water partition coefficient (Wildman–Crippen LogP) is 4.85. The topological polar surface area (TPSA) is 82.5 Å². The van der Waals surface area contributed by atoms with E-state index >= 15 is 0 Å². The number of benzene rings is 3. The van der Waals surface area contributed by atoms with Crippen molar-refractivity contribution in [2.75, 3.05) is 25.3 Å². The molecule has 0 aliphatic heterocycles. The summed E-state index contributed by atoms with van der Waals surface area (Å²) in [7, 11) is 3.00. The van der Waals surface area contributed by atoms with Crippen LogP contribution in [0.2, 0.25) is 5.02 Å². The Labute approximate surface area is 205 Å². The van der Waals surface area contributed by atoms with Gasteiger partial charge in [0.15, 0.2) is 5.16 Å². The molecule has 0 aliphatic carbocycles. The smallest absolute Gasteiger partial charge is 0.262 e. The Balaban J connectivity index is 1.59. The van der Waals surface area contributed by atoms with E-state index in [9.17, 15) is 9.59 Å². The average Bonchev–Trinajstić information content (AvgIpc) is 2.85. The number of aromatic nitrogens is 2. The number of amides is 1. The summed E-state index contributed by atoms with van der Waals surface area (Å²) in [5.41, 5.74) is 1.82. The summed E-state index contributed by atoms with van der Waals surface area (Å²) < 4.78 is 12.1. The van der Waals surface area contributed by atoms with E-state index < -0.39 is 0 Å². The minimum absolute atomic E-state index is 0.0341. The molecular weight excluding hydrogens is 474 g/mol. The molecule has 0 fully saturated rings. The Kier molecular flexibility index (Phi) is 7.40. The lowest BCUT2D eigenvalue weighted by molar-refractivity contribution is -0.113. The first-order valence-electron chi connectivity index (χ1n) is 10.4. The third-order valence-corrected chi connectivity index (χ3v) is 6.36. The number of rotatable bonds is 8. The molecule has 1 aromatic heterocycles. The first-order valence-corrected chi connectivity index (χ1v) is 11.7. The van der Waals surface area contributed by atoms with Gasteiger partial charge in [-0.2, -0.15) is 0 Å². The highest BCUT2D eigenvalue weighted by molar-refractivity contribution is 7.99. The third-order valence-electron chi connectivity index (χ3n) is 5.09. The van der Waals surface area contributed by atoms with Gasteiger partial charge in [-0.15, -0.1) is 0 Å². The molecule has 174 valence electrons. The number of halogens is 1. The first-order chi connectivity index (χ1) is 16.5. The highest BCUT2D eigenvalue weighted by Gasteiger charge is 2.16. The van der Waals surface area contributed by atoms with Crippen LogP contribution in [0.1, 0.15) is 5.56 Å². The number of ether oxygens (including phenoxy) is 2. The molecule has 0 aliphatic rings. The van der Waals surface area contributed by atoms with E-state index in [-0.39, 0.29) is 17.2 Å². The Morgan fingerprint density at radius 2 is 1.74 bits per heavy atom. The van der Waals surface area contributed by atoms with Crippen LogP contribution in [0.25, 0.3) is 10.9 Å². The van der Waals surface area contributed by atoms with E-state index in [0.717, 1.165) is 5.56 Å². The number of nitrogens with one attached hydrogen (secondary N) is 1. The van der Waals surface area contributed by atoms with Gasteiger partial charge in [-0.1, -0.05) is 65.8 Å². The van der Waals surface area contributed by atoms with Crippen molar-refractivity contribution >= 4 is 45.9 Å². The number of anilines is 1. The van der Waals surface area contributed by atoms with Crippen molar-refractivity contribution < 1.29 is 14.3 Å². The van der Waals surface area contributed by atoms with Gasteiger partial charge in [0.1, 0.15) is 11.5 Å². The van der Waals surface area contributed by atoms with Gasteiger partial charge in [0.2, 0.25) is 5.91 Å². The number of thioether (sulfide) groups is 1. The lowest BCUT2D eigenvalue weighted by atomic mass is 10.2. The summed E-state index contributed by atoms with van der Waals surface area (Å²) in [6, 6.07) is 20.0. The van der Waals surface area contributed by atoms with Gasteiger partial charge in [-0.25, -0.2) is 4.98 Å². The summed E-state index contributed by atoms with van der Waals surface area (Å²) in [6.45, 7) is 0.351. The van der Waals surface area contributed by atoms with Gasteiger partial charge >= 0.3 is 0 Å². The lowest BCUT2D eigenvalue weighted by Gasteiger charge is -2.14. The standard InChI is InChI=1S/C25H22ClN3O4S/c1-32-21-13-22(33-2)20(12-18(21)26)27-23(30)15-34-25-28-19-11-7-6-10-17(19)24(31)29(25)14-16-8-4-3-5-9-16/h3-13H,14-15H2,1-2H3,(H,27,30). The molecule has 0 bridgehead atoms. The van der Waals surface area contributed by atoms with Crippen LogP contribution in [0.5, 0.6) is 11.5 Å². The van der Waals surface area contributed by atoms with Gasteiger partial charge in [-0.05, 0) is 23.8 Å². The van der Waals surface area contributed by atoms with Crippen LogP contribution in [-0.4, -0.2) is 35.4 Å². The molecule has 4 aromatic rings. The van der Waals surface area contributed by atoms with Crippen molar-refractivity contribution in [2.45, 2.75) is 11.7 Å². The molecule has 7 nitrogen and oxygen atoms in total. The highest BCUT2D eigenvalue weighted by atomic mass is 35.5. The second-order valence-electron chi connectivity index (χ2n) is 7.31. The molecule has 34 heavy (non-hydrogen) atoms. The quantitative estimate of drug-likeness (QED) is 0.278. The summed E-state index contributed by atoms with van der Waals surface area (Å²) >= 11 is 7.39. The molecule has 0 unspecified atom stereocenters. The van der Waals surface area contributed by atoms with Crippen molar-refractivity contribution in [1.29, 1.82) is 0 Å². The zero-order valence-electron chi connectivity index (χ0n) is 18.6. The van der Waals surface area contributed by atoms with Crippen LogP contribution in [-0.2, 0) is 11.3 Å². The minimum atomic E-state index is -0.293. The number of fused-ring (bicyclic) bond motifs is 1. The molecule has 3 aromatic carbocycles. The van der Waals surface area contributed by atoms with Gasteiger partial charge in [0, 0.05) is 6.07 Å². The summed E-state index contributed by atoms with van der Waals surface area (Å²) in [4.78, 5) is 30.7. The van der Waals surface area contributed by atoms with E-state index in [4.69, 9.17) is 21.1 Å². The minimum Gasteiger partial charge on any atom is -0.495 e. The molecule has 1 amide bonds. The number of carbonyl (C=O) groups excluding carboxylic acids is 1. The Hall–Kier alpha value is -3.49. The van der Waals surface area contributed by atoms with Crippen molar-refractivity contribution in [3.05, 3.63) is 87.7 Å². The Bertz CT molecular complexity index is 1390. The van der Waals surface area contributed by atoms with Gasteiger partial charge in [0.05, 0.1) is 48.1 Å². The number of hydrogen-bond donors (Lipinski definition) is 1. The van der Waals surface area contributed by atoms with Crippen molar-refractivity contribution in [2.24, 2.45) is 0 Å². The number of carbonyl (C=O) groups is 1. The van der Waals surface area contributed by atoms with Crippen LogP contribution in [0.3, 0.4) is 0 Å². The van der Waals surface area contributed by atoms with Crippen LogP contribution >= 0.6 is 23.4 Å². The molecule has 0 saturated heterocycles. The molecule has 9 heteroatoms. The summed E-state index contributed by atoms with van der Waals surface area (Å²) in [5.74, 6) is 0.602. The maximum atomic E-state index is 13.2. The number of para-hydroxylation sites is 1. The molecule has 0 radical (unpaired) electrons. The predicted molar refractivity (Wildman–Crippen MR) is 135 cm³/mol. The van der Waals surface area contributed by atoms with E-state index in [0.29, 0.717) is 44.8 Å². The molecule has 1 heterocycles. The van der Waals surface area contributed by atoms with Gasteiger partial charge in [-0.3, -0.25) is 14.2 Å². The van der Waals surface area contributed by atoms with Crippen LogP contribution in [0.4, 0.5) is 5.69 Å². The monoisotopic (exact) mass is 495 g/mol. The SMILES string of the molecule is COc1cc(OC)c(NC(=O)CSc2nc3ccccc3c(=O)n2Cc2ccccc2)cc1Cl. The molecule has 1 N–H and O–H groups in total. The van der Waals surface area contributed by atoms with Crippen LogP contribution in [0, 0.1) is 0 Å². The van der Waals surface area contributed by atoms with Gasteiger partial charge < -0.3 is 14.8 Å². The molecule has 0 spiro atoms. The third kappa shape index (κ3) is 5.18. The van der Waals surface area contributed by atoms with Gasteiger partial charge in [0.25, 0.3) is 5.56 Å². The van der Waals surface area contributed by atoms with E-state index in [1.165, 1.54) is 26.0 Å². The summed E-state index contributed by atoms with van der Waals surface area (Å²) in [6.07, 6.45) is 0. The zero-order valence-corrected chi connectivity index (χ0v) is 20.2. The molecule has 0 atom stereocenters. The fourth-order valence-electron chi connectivity index (χ4n) is 3.44. The van der Waals surface area contributed by atoms with Crippen LogP contribution < -0.4 is 20.3 Å². The second-order valence-corrected chi connectivity index (χ2v) is 8.66. The number of nitrogens with zero attached hydrogens (tertiary/aromatic N) is 2. The normalized spacial score (nSPS) is 10.8. The molecular formula is C25H22ClN3O4S. The average molecular weight is 496 g/mol. The maximum Gasteiger partial charge on any atom is 0.262 e. The second kappa shape index (κ2) is 10.6. The fourth-order valence-corrected chi connectivity index (χ4v) is 4.48. The Morgan fingerprint density at radius 1 is 1.03 bits per heavy atom. The Morgan fingerprint density at radius 3 is 2.47 bits per heavy atom. The van der Waals surface area contributed by atoms with Crippen molar-refractivity contribution in [3.63, 3.8) is 0 Å². The maximum absolute atomic E-state index is 13.2. The first kappa shape index (κ1) is 23.7. The molecule has 4 rings (SSSR count). The van der Waals surface area contributed by atoms with E-state index in [1.807, 2.05) is 42.5 Å². The fraction of sp³-hybridized carbons (Fsp3) is 0.160. The number of methoxy groups -OCH3 is 2.